The van der Waals surface area contributed by atoms with Gasteiger partial charge in [-0.2, -0.15) is 0 Å². The van der Waals surface area contributed by atoms with Gasteiger partial charge >= 0.3 is 5.97 Å². The van der Waals surface area contributed by atoms with Crippen LogP contribution in [0.5, 0.6) is 0 Å². The van der Waals surface area contributed by atoms with Gasteiger partial charge in [0.2, 0.25) is 5.91 Å². The standard InChI is InChI=1S/C21H27N3O3/c1-15(2)7-6-10-17(11-16-8-4-3-5-9-16)20(25)24-19(21(26)27)12-18-13-22-14-23-18/h3-6,8-10,13-15,17,19H,7,11-12H2,1-2H3,(H,22,23)(H,24,25)(H,26,27)/t17?,19-/m0/s1. The van der Waals surface area contributed by atoms with Crippen LogP contribution in [-0.2, 0) is 22.4 Å². The summed E-state index contributed by atoms with van der Waals surface area (Å²) in [4.78, 5) is 31.2. The van der Waals surface area contributed by atoms with Gasteiger partial charge in [0.25, 0.3) is 0 Å². The van der Waals surface area contributed by atoms with Gasteiger partial charge in [-0.1, -0.05) is 56.3 Å². The highest BCUT2D eigenvalue weighted by Crippen LogP contribution is 2.13. The summed E-state index contributed by atoms with van der Waals surface area (Å²) in [5, 5.41) is 12.1. The van der Waals surface area contributed by atoms with E-state index in [1.165, 1.54) is 6.33 Å². The summed E-state index contributed by atoms with van der Waals surface area (Å²) in [5.41, 5.74) is 1.70. The lowest BCUT2D eigenvalue weighted by Crippen LogP contribution is -2.45. The van der Waals surface area contributed by atoms with Crippen LogP contribution in [0.1, 0.15) is 31.5 Å². The van der Waals surface area contributed by atoms with E-state index in [1.807, 2.05) is 42.5 Å². The maximum absolute atomic E-state index is 12.8. The third-order valence-corrected chi connectivity index (χ3v) is 4.20. The average molecular weight is 369 g/mol. The van der Waals surface area contributed by atoms with E-state index >= 15 is 0 Å². The number of allylic oxidation sites excluding steroid dienone is 1. The number of aromatic amines is 1. The number of aromatic nitrogens is 2. The molecule has 1 amide bonds. The molecule has 0 saturated carbocycles. The highest BCUT2D eigenvalue weighted by atomic mass is 16.4. The molecule has 2 atom stereocenters. The molecule has 0 radical (unpaired) electrons. The maximum atomic E-state index is 12.8. The zero-order valence-electron chi connectivity index (χ0n) is 15.8. The topological polar surface area (TPSA) is 95.1 Å². The number of carboxylic acids is 1. The second-order valence-electron chi connectivity index (χ2n) is 7.03. The van der Waals surface area contributed by atoms with Crippen LogP contribution in [0.25, 0.3) is 0 Å². The number of hydrogen-bond donors (Lipinski definition) is 3. The van der Waals surface area contributed by atoms with Crippen LogP contribution in [0.15, 0.2) is 55.0 Å². The van der Waals surface area contributed by atoms with Crippen LogP contribution in [0.2, 0.25) is 0 Å². The summed E-state index contributed by atoms with van der Waals surface area (Å²) in [6.45, 7) is 4.23. The smallest absolute Gasteiger partial charge is 0.326 e. The molecule has 0 spiro atoms. The summed E-state index contributed by atoms with van der Waals surface area (Å²) in [6.07, 6.45) is 8.50. The number of H-pyrrole nitrogens is 1. The van der Waals surface area contributed by atoms with Gasteiger partial charge in [-0.15, -0.1) is 0 Å². The molecule has 0 saturated heterocycles. The molecule has 0 fully saturated rings. The van der Waals surface area contributed by atoms with E-state index in [4.69, 9.17) is 0 Å². The normalized spacial score (nSPS) is 13.6. The quantitative estimate of drug-likeness (QED) is 0.561. The minimum absolute atomic E-state index is 0.162. The molecule has 1 heterocycles. The van der Waals surface area contributed by atoms with E-state index < -0.39 is 17.9 Å². The predicted octanol–water partition coefficient (Wildman–Crippen LogP) is 2.98. The third kappa shape index (κ3) is 7.09. The van der Waals surface area contributed by atoms with Crippen molar-refractivity contribution in [1.29, 1.82) is 0 Å². The SMILES string of the molecule is CC(C)CC=CC(Cc1ccccc1)C(=O)N[C@@H](Cc1cnc[nH]1)C(=O)O. The first-order chi connectivity index (χ1) is 13.0. The number of carboxylic acid groups (broad SMARTS) is 1. The molecule has 2 aromatic rings. The zero-order chi connectivity index (χ0) is 19.6. The number of amides is 1. The largest absolute Gasteiger partial charge is 0.480 e. The van der Waals surface area contributed by atoms with Gasteiger partial charge in [-0.05, 0) is 24.3 Å². The van der Waals surface area contributed by atoms with E-state index in [0.717, 1.165) is 12.0 Å². The first-order valence-corrected chi connectivity index (χ1v) is 9.16. The molecule has 0 aliphatic carbocycles. The lowest BCUT2D eigenvalue weighted by molar-refractivity contribution is -0.142. The molecule has 1 aromatic heterocycles. The number of carbonyl (C=O) groups excluding carboxylic acids is 1. The summed E-state index contributed by atoms with van der Waals surface area (Å²) in [5.74, 6) is -1.28. The average Bonchev–Trinajstić information content (AvgIpc) is 3.14. The summed E-state index contributed by atoms with van der Waals surface area (Å²) in [6, 6.07) is 8.72. The Hall–Kier alpha value is -2.89. The Morgan fingerprint density at radius 2 is 1.96 bits per heavy atom. The summed E-state index contributed by atoms with van der Waals surface area (Å²) < 4.78 is 0. The van der Waals surface area contributed by atoms with Crippen LogP contribution < -0.4 is 5.32 Å². The van der Waals surface area contributed by atoms with Gasteiger partial charge in [0.15, 0.2) is 0 Å². The Kier molecular flexibility index (Phi) is 7.79. The number of rotatable bonds is 10. The highest BCUT2D eigenvalue weighted by Gasteiger charge is 2.25. The van der Waals surface area contributed by atoms with Crippen LogP contribution in [-0.4, -0.2) is 33.0 Å². The number of imidazole rings is 1. The van der Waals surface area contributed by atoms with E-state index in [1.54, 1.807) is 6.20 Å². The Balaban J connectivity index is 2.10. The molecule has 2 rings (SSSR count). The Morgan fingerprint density at radius 3 is 2.56 bits per heavy atom. The van der Waals surface area contributed by atoms with Gasteiger partial charge in [-0.25, -0.2) is 9.78 Å². The van der Waals surface area contributed by atoms with E-state index in [-0.39, 0.29) is 12.3 Å². The number of hydrogen-bond acceptors (Lipinski definition) is 3. The minimum Gasteiger partial charge on any atom is -0.480 e. The van der Waals surface area contributed by atoms with Crippen molar-refractivity contribution in [2.75, 3.05) is 0 Å². The molecule has 3 N–H and O–H groups in total. The van der Waals surface area contributed by atoms with Crippen molar-refractivity contribution >= 4 is 11.9 Å². The Bertz CT molecular complexity index is 739. The Labute approximate surface area is 159 Å². The third-order valence-electron chi connectivity index (χ3n) is 4.20. The fourth-order valence-corrected chi connectivity index (χ4v) is 2.73. The van der Waals surface area contributed by atoms with Crippen molar-refractivity contribution in [3.8, 4) is 0 Å². The second-order valence-corrected chi connectivity index (χ2v) is 7.03. The summed E-state index contributed by atoms with van der Waals surface area (Å²) >= 11 is 0. The van der Waals surface area contributed by atoms with E-state index in [0.29, 0.717) is 18.0 Å². The van der Waals surface area contributed by atoms with Gasteiger partial charge < -0.3 is 15.4 Å². The number of nitrogens with zero attached hydrogens (tertiary/aromatic N) is 1. The Morgan fingerprint density at radius 1 is 1.22 bits per heavy atom. The molecule has 0 aliphatic rings. The molecular weight excluding hydrogens is 342 g/mol. The molecule has 6 nitrogen and oxygen atoms in total. The van der Waals surface area contributed by atoms with Gasteiger partial charge in [-0.3, -0.25) is 4.79 Å². The van der Waals surface area contributed by atoms with Crippen molar-refractivity contribution in [1.82, 2.24) is 15.3 Å². The predicted molar refractivity (Wildman–Crippen MR) is 104 cm³/mol. The van der Waals surface area contributed by atoms with Crippen molar-refractivity contribution in [3.63, 3.8) is 0 Å². The van der Waals surface area contributed by atoms with Crippen LogP contribution in [0, 0.1) is 11.8 Å². The molecule has 144 valence electrons. The lowest BCUT2D eigenvalue weighted by atomic mass is 9.96. The van der Waals surface area contributed by atoms with Gasteiger partial charge in [0, 0.05) is 18.3 Å². The molecular formula is C21H27N3O3. The second kappa shape index (κ2) is 10.3. The lowest BCUT2D eigenvalue weighted by Gasteiger charge is -2.18. The zero-order valence-corrected chi connectivity index (χ0v) is 15.8. The molecule has 1 unspecified atom stereocenters. The maximum Gasteiger partial charge on any atom is 0.326 e. The highest BCUT2D eigenvalue weighted by molar-refractivity contribution is 5.86. The fraction of sp³-hybridized carbons (Fsp3) is 0.381. The molecule has 1 aromatic carbocycles. The molecule has 6 heteroatoms. The van der Waals surface area contributed by atoms with Crippen molar-refractivity contribution in [3.05, 3.63) is 66.3 Å². The molecule has 0 bridgehead atoms. The van der Waals surface area contributed by atoms with Crippen LogP contribution in [0.3, 0.4) is 0 Å². The number of benzene rings is 1. The van der Waals surface area contributed by atoms with Crippen LogP contribution >= 0.6 is 0 Å². The number of aliphatic carboxylic acids is 1. The summed E-state index contributed by atoms with van der Waals surface area (Å²) in [7, 11) is 0. The van der Waals surface area contributed by atoms with Crippen LogP contribution in [0.4, 0.5) is 0 Å². The minimum atomic E-state index is -1.07. The van der Waals surface area contributed by atoms with E-state index in [2.05, 4.69) is 29.1 Å². The fourth-order valence-electron chi connectivity index (χ4n) is 2.73. The van der Waals surface area contributed by atoms with Gasteiger partial charge in [0.05, 0.1) is 12.2 Å². The molecule has 0 aliphatic heterocycles. The monoisotopic (exact) mass is 369 g/mol. The number of carbonyl (C=O) groups is 2. The van der Waals surface area contributed by atoms with Gasteiger partial charge in [0.1, 0.15) is 6.04 Å². The van der Waals surface area contributed by atoms with E-state index in [9.17, 15) is 14.7 Å². The van der Waals surface area contributed by atoms with Crippen molar-refractivity contribution in [2.45, 2.75) is 39.2 Å². The first kappa shape index (κ1) is 20.4. The first-order valence-electron chi connectivity index (χ1n) is 9.16. The molecule has 27 heavy (non-hydrogen) atoms. The van der Waals surface area contributed by atoms with Crippen molar-refractivity contribution < 1.29 is 14.7 Å². The van der Waals surface area contributed by atoms with Crippen molar-refractivity contribution in [2.24, 2.45) is 11.8 Å². The number of nitrogens with one attached hydrogen (secondary N) is 2.